The Kier molecular flexibility index (Phi) is 6.26. The Hall–Kier alpha value is -2.37. The molecule has 0 saturated carbocycles. The smallest absolute Gasteiger partial charge is 0.253 e. The lowest BCUT2D eigenvalue weighted by molar-refractivity contribution is -0.115. The third-order valence-electron chi connectivity index (χ3n) is 4.21. The van der Waals surface area contributed by atoms with Crippen molar-refractivity contribution in [2.24, 2.45) is 0 Å². The molecular weight excluding hydrogens is 352 g/mol. The van der Waals surface area contributed by atoms with Crippen molar-refractivity contribution >= 4 is 29.1 Å². The minimum Gasteiger partial charge on any atom is -0.376 e. The summed E-state index contributed by atoms with van der Waals surface area (Å²) in [7, 11) is 0. The van der Waals surface area contributed by atoms with Gasteiger partial charge in [0.2, 0.25) is 5.91 Å². The first-order valence-electron chi connectivity index (χ1n) is 8.65. The van der Waals surface area contributed by atoms with E-state index in [-0.39, 0.29) is 24.3 Å². The minimum atomic E-state index is -0.223. The Bertz CT molecular complexity index is 788. The van der Waals surface area contributed by atoms with E-state index >= 15 is 0 Å². The Morgan fingerprint density at radius 2 is 2.00 bits per heavy atom. The highest BCUT2D eigenvalue weighted by molar-refractivity contribution is 6.30. The molecule has 3 rings (SSSR count). The predicted molar refractivity (Wildman–Crippen MR) is 102 cm³/mol. The van der Waals surface area contributed by atoms with E-state index in [9.17, 15) is 9.59 Å². The summed E-state index contributed by atoms with van der Waals surface area (Å²) in [6.07, 6.45) is 2.24. The minimum absolute atomic E-state index is 0.0727. The van der Waals surface area contributed by atoms with Crippen LogP contribution in [0.4, 0.5) is 5.69 Å². The molecule has 6 heteroatoms. The number of carbonyl (C=O) groups excluding carboxylic acids is 2. The van der Waals surface area contributed by atoms with Crippen molar-refractivity contribution in [2.45, 2.75) is 25.4 Å². The van der Waals surface area contributed by atoms with Gasteiger partial charge in [0.25, 0.3) is 5.91 Å². The van der Waals surface area contributed by atoms with E-state index in [1.807, 2.05) is 6.07 Å². The zero-order valence-corrected chi connectivity index (χ0v) is 15.1. The summed E-state index contributed by atoms with van der Waals surface area (Å²) in [6.45, 7) is 1.22. The van der Waals surface area contributed by atoms with Crippen LogP contribution in [0.5, 0.6) is 0 Å². The molecule has 0 aromatic heterocycles. The normalized spacial score (nSPS) is 16.3. The highest BCUT2D eigenvalue weighted by Gasteiger charge is 2.18. The van der Waals surface area contributed by atoms with Crippen molar-refractivity contribution in [3.8, 4) is 0 Å². The third kappa shape index (κ3) is 5.07. The average Bonchev–Trinajstić information content (AvgIpc) is 3.13. The summed E-state index contributed by atoms with van der Waals surface area (Å²) in [4.78, 5) is 24.8. The largest absolute Gasteiger partial charge is 0.376 e. The molecule has 1 heterocycles. The molecule has 1 aliphatic rings. The lowest BCUT2D eigenvalue weighted by atomic mass is 10.1. The number of hydrogen-bond acceptors (Lipinski definition) is 3. The molecular formula is C20H21ClN2O3. The molecule has 0 bridgehead atoms. The maximum Gasteiger partial charge on any atom is 0.253 e. The van der Waals surface area contributed by atoms with E-state index in [2.05, 4.69) is 10.6 Å². The SMILES string of the molecule is O=C(Cc1cccc(Cl)c1)Nc1ccccc1C(=O)NC[C@H]1CCCO1. The van der Waals surface area contributed by atoms with Gasteiger partial charge in [0.15, 0.2) is 0 Å². The van der Waals surface area contributed by atoms with Crippen molar-refractivity contribution in [1.29, 1.82) is 0 Å². The van der Waals surface area contributed by atoms with Gasteiger partial charge in [0.05, 0.1) is 23.8 Å². The summed E-state index contributed by atoms with van der Waals surface area (Å²) in [6, 6.07) is 14.1. The van der Waals surface area contributed by atoms with Crippen molar-refractivity contribution < 1.29 is 14.3 Å². The fourth-order valence-corrected chi connectivity index (χ4v) is 3.14. The molecule has 1 aliphatic heterocycles. The van der Waals surface area contributed by atoms with Crippen LogP contribution in [0.1, 0.15) is 28.8 Å². The van der Waals surface area contributed by atoms with Gasteiger partial charge >= 0.3 is 0 Å². The number of carbonyl (C=O) groups is 2. The second-order valence-electron chi connectivity index (χ2n) is 6.25. The molecule has 1 saturated heterocycles. The second-order valence-corrected chi connectivity index (χ2v) is 6.68. The number of hydrogen-bond donors (Lipinski definition) is 2. The molecule has 0 spiro atoms. The lowest BCUT2D eigenvalue weighted by Crippen LogP contribution is -2.32. The van der Waals surface area contributed by atoms with E-state index in [4.69, 9.17) is 16.3 Å². The molecule has 0 radical (unpaired) electrons. The first-order valence-corrected chi connectivity index (χ1v) is 9.03. The molecule has 0 unspecified atom stereocenters. The van der Waals surface area contributed by atoms with Gasteiger partial charge in [0, 0.05) is 18.2 Å². The zero-order valence-electron chi connectivity index (χ0n) is 14.3. The molecule has 2 amide bonds. The van der Waals surface area contributed by atoms with Crippen LogP contribution in [0.2, 0.25) is 5.02 Å². The molecule has 5 nitrogen and oxygen atoms in total. The van der Waals surface area contributed by atoms with E-state index in [1.165, 1.54) is 0 Å². The maximum absolute atomic E-state index is 12.5. The van der Waals surface area contributed by atoms with Gasteiger partial charge in [-0.25, -0.2) is 0 Å². The topological polar surface area (TPSA) is 67.4 Å². The number of para-hydroxylation sites is 1. The van der Waals surface area contributed by atoms with E-state index in [0.717, 1.165) is 25.0 Å². The average molecular weight is 373 g/mol. The Balaban J connectivity index is 1.62. The fourth-order valence-electron chi connectivity index (χ4n) is 2.92. The highest BCUT2D eigenvalue weighted by atomic mass is 35.5. The number of rotatable bonds is 6. The summed E-state index contributed by atoms with van der Waals surface area (Å²) in [5.74, 6) is -0.425. The van der Waals surface area contributed by atoms with Crippen LogP contribution in [0.25, 0.3) is 0 Å². The molecule has 1 fully saturated rings. The van der Waals surface area contributed by atoms with Gasteiger partial charge in [-0.2, -0.15) is 0 Å². The summed E-state index contributed by atoms with van der Waals surface area (Å²) >= 11 is 5.95. The van der Waals surface area contributed by atoms with Gasteiger partial charge < -0.3 is 15.4 Å². The Labute approximate surface area is 157 Å². The number of anilines is 1. The van der Waals surface area contributed by atoms with Gasteiger partial charge in [-0.05, 0) is 42.7 Å². The molecule has 1 atom stereocenters. The lowest BCUT2D eigenvalue weighted by Gasteiger charge is -2.14. The van der Waals surface area contributed by atoms with Gasteiger partial charge in [-0.3, -0.25) is 9.59 Å². The van der Waals surface area contributed by atoms with Crippen LogP contribution in [0, 0.1) is 0 Å². The quantitative estimate of drug-likeness (QED) is 0.816. The molecule has 2 N–H and O–H groups in total. The standard InChI is InChI=1S/C20H21ClN2O3/c21-15-6-3-5-14(11-15)12-19(24)23-18-9-2-1-8-17(18)20(25)22-13-16-7-4-10-26-16/h1-3,5-6,8-9,11,16H,4,7,10,12-13H2,(H,22,25)(H,23,24)/t16-/m1/s1. The van der Waals surface area contributed by atoms with Gasteiger partial charge in [-0.15, -0.1) is 0 Å². The number of nitrogens with one attached hydrogen (secondary N) is 2. The zero-order chi connectivity index (χ0) is 18.4. The van der Waals surface area contributed by atoms with Crippen LogP contribution in [0.15, 0.2) is 48.5 Å². The summed E-state index contributed by atoms with van der Waals surface area (Å²) in [5, 5.41) is 6.28. The van der Waals surface area contributed by atoms with Crippen LogP contribution < -0.4 is 10.6 Å². The molecule has 26 heavy (non-hydrogen) atoms. The van der Waals surface area contributed by atoms with Crippen LogP contribution >= 0.6 is 11.6 Å². The van der Waals surface area contributed by atoms with Crippen LogP contribution in [0.3, 0.4) is 0 Å². The number of amides is 2. The molecule has 2 aromatic carbocycles. The number of benzene rings is 2. The van der Waals surface area contributed by atoms with Crippen molar-refractivity contribution in [1.82, 2.24) is 5.32 Å². The number of ether oxygens (including phenoxy) is 1. The number of halogens is 1. The molecule has 136 valence electrons. The van der Waals surface area contributed by atoms with Crippen molar-refractivity contribution in [3.63, 3.8) is 0 Å². The maximum atomic E-state index is 12.5. The highest BCUT2D eigenvalue weighted by Crippen LogP contribution is 2.17. The van der Waals surface area contributed by atoms with Gasteiger partial charge in [0.1, 0.15) is 0 Å². The van der Waals surface area contributed by atoms with Gasteiger partial charge in [-0.1, -0.05) is 35.9 Å². The van der Waals surface area contributed by atoms with Crippen molar-refractivity contribution in [2.75, 3.05) is 18.5 Å². The summed E-state index contributed by atoms with van der Waals surface area (Å²) in [5.41, 5.74) is 1.74. The Morgan fingerprint density at radius 3 is 2.77 bits per heavy atom. The van der Waals surface area contributed by atoms with E-state index < -0.39 is 0 Å². The first kappa shape index (κ1) is 18.4. The van der Waals surface area contributed by atoms with Crippen molar-refractivity contribution in [3.05, 3.63) is 64.7 Å². The Morgan fingerprint density at radius 1 is 1.15 bits per heavy atom. The monoisotopic (exact) mass is 372 g/mol. The molecule has 0 aliphatic carbocycles. The van der Waals surface area contributed by atoms with Crippen LogP contribution in [-0.4, -0.2) is 31.1 Å². The first-order chi connectivity index (χ1) is 12.6. The van der Waals surface area contributed by atoms with Crippen LogP contribution in [-0.2, 0) is 16.0 Å². The molecule has 2 aromatic rings. The van der Waals surface area contributed by atoms with E-state index in [1.54, 1.807) is 42.5 Å². The second kappa shape index (κ2) is 8.83. The predicted octanol–water partition coefficient (Wildman–Crippen LogP) is 3.43. The third-order valence-corrected chi connectivity index (χ3v) is 4.45. The summed E-state index contributed by atoms with van der Waals surface area (Å²) < 4.78 is 5.51. The fraction of sp³-hybridized carbons (Fsp3) is 0.300. The van der Waals surface area contributed by atoms with E-state index in [0.29, 0.717) is 22.8 Å².